The molecule has 0 radical (unpaired) electrons. The predicted molar refractivity (Wildman–Crippen MR) is 128 cm³/mol. The topological polar surface area (TPSA) is 74.5 Å². The number of ether oxygens (including phenoxy) is 2. The van der Waals surface area contributed by atoms with Crippen LogP contribution in [0.15, 0.2) is 47.0 Å². The lowest BCUT2D eigenvalue weighted by Crippen LogP contribution is -2.05. The van der Waals surface area contributed by atoms with Crippen LogP contribution < -0.4 is 4.74 Å². The van der Waals surface area contributed by atoms with E-state index < -0.39 is 0 Å². The van der Waals surface area contributed by atoms with E-state index in [1.165, 1.54) is 16.7 Å². The Morgan fingerprint density at radius 3 is 2.79 bits per heavy atom. The van der Waals surface area contributed by atoms with Gasteiger partial charge in [0.05, 0.1) is 17.7 Å². The van der Waals surface area contributed by atoms with Crippen LogP contribution in [0.5, 0.6) is 5.75 Å². The van der Waals surface area contributed by atoms with Crippen LogP contribution in [0, 0.1) is 0 Å². The lowest BCUT2D eigenvalue weighted by Gasteiger charge is -2.11. The summed E-state index contributed by atoms with van der Waals surface area (Å²) in [4.78, 5) is 16.3. The average molecular weight is 467 g/mol. The number of benzene rings is 2. The van der Waals surface area contributed by atoms with Gasteiger partial charge in [-0.05, 0) is 74.9 Å². The third-order valence-electron chi connectivity index (χ3n) is 5.42. The molecular formula is C26H27ClN2O4. The van der Waals surface area contributed by atoms with Crippen molar-refractivity contribution in [1.29, 1.82) is 0 Å². The first kappa shape index (κ1) is 23.1. The Morgan fingerprint density at radius 2 is 2.03 bits per heavy atom. The Hall–Kier alpha value is -3.12. The smallest absolute Gasteiger partial charge is 0.305 e. The number of esters is 1. The van der Waals surface area contributed by atoms with Gasteiger partial charge in [0, 0.05) is 17.5 Å². The Labute approximate surface area is 198 Å². The van der Waals surface area contributed by atoms with Gasteiger partial charge >= 0.3 is 5.97 Å². The summed E-state index contributed by atoms with van der Waals surface area (Å²) in [6.45, 7) is 6.15. The zero-order valence-electron chi connectivity index (χ0n) is 19.1. The quantitative estimate of drug-likeness (QED) is 0.334. The van der Waals surface area contributed by atoms with Crippen molar-refractivity contribution in [3.63, 3.8) is 0 Å². The lowest BCUT2D eigenvalue weighted by molar-refractivity contribution is -0.143. The highest BCUT2D eigenvalue weighted by atomic mass is 35.5. The van der Waals surface area contributed by atoms with Crippen LogP contribution in [0.1, 0.15) is 51.2 Å². The summed E-state index contributed by atoms with van der Waals surface area (Å²) < 4.78 is 16.3. The van der Waals surface area contributed by atoms with Gasteiger partial charge in [-0.3, -0.25) is 4.79 Å². The molecule has 0 saturated carbocycles. The first-order valence-corrected chi connectivity index (χ1v) is 11.6. The van der Waals surface area contributed by atoms with Crippen molar-refractivity contribution in [1.82, 2.24) is 10.1 Å². The Bertz CT molecular complexity index is 1180. The van der Waals surface area contributed by atoms with Gasteiger partial charge in [0.1, 0.15) is 5.75 Å². The van der Waals surface area contributed by atoms with E-state index in [1.54, 1.807) is 6.07 Å². The van der Waals surface area contributed by atoms with E-state index in [-0.39, 0.29) is 12.1 Å². The molecule has 0 N–H and O–H groups in total. The second-order valence-electron chi connectivity index (χ2n) is 8.16. The second kappa shape index (κ2) is 10.2. The van der Waals surface area contributed by atoms with E-state index in [0.29, 0.717) is 35.5 Å². The molecule has 0 atom stereocenters. The van der Waals surface area contributed by atoms with E-state index in [4.69, 9.17) is 25.6 Å². The van der Waals surface area contributed by atoms with Crippen LogP contribution in [0.3, 0.4) is 0 Å². The maximum absolute atomic E-state index is 11.6. The summed E-state index contributed by atoms with van der Waals surface area (Å²) in [6, 6.07) is 11.6. The SMILES string of the molecule is CCOC(=O)CCCC1=CCc2c1cccc2-c1noc(-c2ccc(OC(C)C)c(Cl)c2)n1. The zero-order valence-corrected chi connectivity index (χ0v) is 19.8. The maximum atomic E-state index is 11.6. The molecule has 6 nitrogen and oxygen atoms in total. The maximum Gasteiger partial charge on any atom is 0.305 e. The fraction of sp³-hybridized carbons (Fsp3) is 0.346. The number of allylic oxidation sites excluding steroid dienone is 2. The highest BCUT2D eigenvalue weighted by Crippen LogP contribution is 2.37. The molecule has 172 valence electrons. The van der Waals surface area contributed by atoms with E-state index in [1.807, 2.05) is 45.0 Å². The van der Waals surface area contributed by atoms with Crippen molar-refractivity contribution < 1.29 is 18.8 Å². The van der Waals surface area contributed by atoms with E-state index in [2.05, 4.69) is 22.3 Å². The van der Waals surface area contributed by atoms with Crippen LogP contribution in [0.4, 0.5) is 0 Å². The summed E-state index contributed by atoms with van der Waals surface area (Å²) in [5, 5.41) is 4.73. The molecular weight excluding hydrogens is 440 g/mol. The number of halogens is 1. The number of nitrogens with zero attached hydrogens (tertiary/aromatic N) is 2. The largest absolute Gasteiger partial charge is 0.489 e. The number of carbonyl (C=O) groups is 1. The summed E-state index contributed by atoms with van der Waals surface area (Å²) in [5.41, 5.74) is 5.29. The molecule has 0 bridgehead atoms. The number of fused-ring (bicyclic) bond motifs is 1. The van der Waals surface area contributed by atoms with Crippen molar-refractivity contribution in [3.05, 3.63) is 58.6 Å². The molecule has 0 spiro atoms. The molecule has 0 unspecified atom stereocenters. The minimum absolute atomic E-state index is 0.0344. The minimum atomic E-state index is -0.145. The number of carbonyl (C=O) groups excluding carboxylic acids is 1. The molecule has 0 fully saturated rings. The van der Waals surface area contributed by atoms with Crippen molar-refractivity contribution in [3.8, 4) is 28.6 Å². The van der Waals surface area contributed by atoms with Crippen LogP contribution in [0.2, 0.25) is 5.02 Å². The lowest BCUT2D eigenvalue weighted by atomic mass is 9.97. The summed E-state index contributed by atoms with van der Waals surface area (Å²) in [5.74, 6) is 1.42. The standard InChI is InChI=1S/C26H27ClN2O4/c1-4-31-24(30)10-5-7-17-11-13-20-19(17)8-6-9-21(20)25-28-26(33-29-25)18-12-14-23(22(27)15-18)32-16(2)3/h6,8-9,11-12,14-16H,4-5,7,10,13H2,1-3H3. The van der Waals surface area contributed by atoms with Crippen LogP contribution in [-0.2, 0) is 16.0 Å². The third kappa shape index (κ3) is 5.28. The fourth-order valence-corrected chi connectivity index (χ4v) is 4.20. The van der Waals surface area contributed by atoms with Gasteiger partial charge in [-0.1, -0.05) is 41.0 Å². The van der Waals surface area contributed by atoms with Crippen LogP contribution in [0.25, 0.3) is 28.4 Å². The van der Waals surface area contributed by atoms with Crippen molar-refractivity contribution in [2.24, 2.45) is 0 Å². The van der Waals surface area contributed by atoms with Crippen LogP contribution in [-0.4, -0.2) is 28.8 Å². The molecule has 33 heavy (non-hydrogen) atoms. The molecule has 3 aromatic rings. The van der Waals surface area contributed by atoms with Crippen molar-refractivity contribution in [2.75, 3.05) is 6.61 Å². The van der Waals surface area contributed by atoms with Gasteiger partial charge in [-0.15, -0.1) is 0 Å². The number of aromatic nitrogens is 2. The van der Waals surface area contributed by atoms with Gasteiger partial charge in [-0.25, -0.2) is 0 Å². The molecule has 1 aliphatic rings. The molecule has 0 saturated heterocycles. The highest BCUT2D eigenvalue weighted by molar-refractivity contribution is 6.32. The number of rotatable bonds is 9. The fourth-order valence-electron chi connectivity index (χ4n) is 3.98. The Morgan fingerprint density at radius 1 is 1.21 bits per heavy atom. The van der Waals surface area contributed by atoms with Gasteiger partial charge in [0.15, 0.2) is 0 Å². The molecule has 1 aromatic heterocycles. The first-order chi connectivity index (χ1) is 16.0. The summed E-state index contributed by atoms with van der Waals surface area (Å²) >= 11 is 6.37. The first-order valence-electron chi connectivity index (χ1n) is 11.2. The van der Waals surface area contributed by atoms with E-state index >= 15 is 0 Å². The van der Waals surface area contributed by atoms with Gasteiger partial charge in [0.2, 0.25) is 5.82 Å². The molecule has 0 aliphatic heterocycles. The second-order valence-corrected chi connectivity index (χ2v) is 8.57. The molecule has 1 heterocycles. The molecule has 1 aliphatic carbocycles. The van der Waals surface area contributed by atoms with Crippen molar-refractivity contribution in [2.45, 2.75) is 52.6 Å². The van der Waals surface area contributed by atoms with E-state index in [0.717, 1.165) is 30.4 Å². The highest BCUT2D eigenvalue weighted by Gasteiger charge is 2.21. The summed E-state index contributed by atoms with van der Waals surface area (Å²) in [7, 11) is 0. The molecule has 2 aromatic carbocycles. The minimum Gasteiger partial charge on any atom is -0.489 e. The van der Waals surface area contributed by atoms with Gasteiger partial charge < -0.3 is 14.0 Å². The molecule has 0 amide bonds. The van der Waals surface area contributed by atoms with E-state index in [9.17, 15) is 4.79 Å². The predicted octanol–water partition coefficient (Wildman–Crippen LogP) is 6.52. The Kier molecular flexibility index (Phi) is 7.14. The van der Waals surface area contributed by atoms with Gasteiger partial charge in [-0.2, -0.15) is 4.98 Å². The molecule has 7 heteroatoms. The van der Waals surface area contributed by atoms with Gasteiger partial charge in [0.25, 0.3) is 5.89 Å². The number of hydrogen-bond acceptors (Lipinski definition) is 6. The Balaban J connectivity index is 1.50. The zero-order chi connectivity index (χ0) is 23.4. The van der Waals surface area contributed by atoms with Crippen LogP contribution >= 0.6 is 11.6 Å². The average Bonchev–Trinajstić information content (AvgIpc) is 3.43. The number of hydrogen-bond donors (Lipinski definition) is 0. The monoisotopic (exact) mass is 466 g/mol. The van der Waals surface area contributed by atoms with Crippen molar-refractivity contribution >= 4 is 23.1 Å². The summed E-state index contributed by atoms with van der Waals surface area (Å²) in [6.07, 6.45) is 5.07. The third-order valence-corrected chi connectivity index (χ3v) is 5.71. The molecule has 4 rings (SSSR count). The normalized spacial score (nSPS) is 12.6.